The zero-order valence-corrected chi connectivity index (χ0v) is 13.7. The van der Waals surface area contributed by atoms with E-state index in [1.807, 2.05) is 0 Å². The molecule has 2 nitrogen and oxygen atoms in total. The van der Waals surface area contributed by atoms with E-state index >= 15 is 0 Å². The van der Waals surface area contributed by atoms with Gasteiger partial charge in [-0.15, -0.1) is 11.3 Å². The molecule has 0 saturated heterocycles. The van der Waals surface area contributed by atoms with Gasteiger partial charge in [0.2, 0.25) is 0 Å². The Kier molecular flexibility index (Phi) is 9.10. The number of rotatable bonds is 11. The number of thiazole rings is 1. The Morgan fingerprint density at radius 2 is 1.84 bits per heavy atom. The van der Waals surface area contributed by atoms with Crippen LogP contribution in [0.1, 0.15) is 69.0 Å². The van der Waals surface area contributed by atoms with Crippen molar-refractivity contribution in [2.75, 3.05) is 7.05 Å². The fourth-order valence-electron chi connectivity index (χ4n) is 2.40. The molecule has 19 heavy (non-hydrogen) atoms. The van der Waals surface area contributed by atoms with E-state index in [0.29, 0.717) is 6.04 Å². The Morgan fingerprint density at radius 1 is 1.16 bits per heavy atom. The van der Waals surface area contributed by atoms with Crippen LogP contribution < -0.4 is 5.32 Å². The average molecular weight is 282 g/mol. The molecule has 0 aromatic carbocycles. The first-order valence-electron chi connectivity index (χ1n) is 7.84. The second kappa shape index (κ2) is 10.4. The molecule has 0 bridgehead atoms. The zero-order chi connectivity index (χ0) is 13.9. The first-order valence-corrected chi connectivity index (χ1v) is 8.72. The molecule has 0 fully saturated rings. The highest BCUT2D eigenvalue weighted by atomic mass is 32.1. The Balaban J connectivity index is 2.08. The van der Waals surface area contributed by atoms with E-state index in [-0.39, 0.29) is 0 Å². The third kappa shape index (κ3) is 7.68. The number of hydrogen-bond acceptors (Lipinski definition) is 3. The highest BCUT2D eigenvalue weighted by molar-refractivity contribution is 7.09. The van der Waals surface area contributed by atoms with Crippen LogP contribution >= 0.6 is 11.3 Å². The predicted octanol–water partition coefficient (Wildman–Crippen LogP) is 4.72. The van der Waals surface area contributed by atoms with E-state index in [9.17, 15) is 0 Å². The molecular formula is C16H30N2S. The van der Waals surface area contributed by atoms with Crippen LogP contribution in [-0.2, 0) is 6.42 Å². The maximum absolute atomic E-state index is 4.56. The van der Waals surface area contributed by atoms with Gasteiger partial charge in [-0.3, -0.25) is 0 Å². The van der Waals surface area contributed by atoms with Gasteiger partial charge in [0.25, 0.3) is 0 Å². The molecule has 1 N–H and O–H groups in total. The quantitative estimate of drug-likeness (QED) is 0.594. The molecule has 0 aliphatic heterocycles. The molecule has 110 valence electrons. The van der Waals surface area contributed by atoms with Gasteiger partial charge in [-0.2, -0.15) is 0 Å². The fraction of sp³-hybridized carbons (Fsp3) is 0.812. The zero-order valence-electron chi connectivity index (χ0n) is 12.9. The molecule has 1 unspecified atom stereocenters. The van der Waals surface area contributed by atoms with Crippen LogP contribution in [0.15, 0.2) is 5.38 Å². The first kappa shape index (κ1) is 16.6. The minimum absolute atomic E-state index is 0.598. The summed E-state index contributed by atoms with van der Waals surface area (Å²) in [4.78, 5) is 4.56. The fourth-order valence-corrected chi connectivity index (χ4v) is 3.26. The molecule has 1 atom stereocenters. The van der Waals surface area contributed by atoms with Gasteiger partial charge in [-0.1, -0.05) is 51.9 Å². The van der Waals surface area contributed by atoms with Crippen molar-refractivity contribution in [3.05, 3.63) is 16.1 Å². The molecule has 0 saturated carbocycles. The number of aryl methyl sites for hydroxylation is 1. The van der Waals surface area contributed by atoms with Gasteiger partial charge in [0, 0.05) is 23.5 Å². The summed E-state index contributed by atoms with van der Waals surface area (Å²) in [7, 11) is 2.08. The van der Waals surface area contributed by atoms with E-state index in [0.717, 1.165) is 12.1 Å². The molecule has 0 amide bonds. The van der Waals surface area contributed by atoms with Crippen molar-refractivity contribution in [1.82, 2.24) is 10.3 Å². The second-order valence-corrected chi connectivity index (χ2v) is 6.42. The molecule has 0 radical (unpaired) electrons. The van der Waals surface area contributed by atoms with Gasteiger partial charge in [0.1, 0.15) is 0 Å². The highest BCUT2D eigenvalue weighted by Crippen LogP contribution is 2.15. The third-order valence-corrected chi connectivity index (χ3v) is 4.64. The summed E-state index contributed by atoms with van der Waals surface area (Å²) in [6.45, 7) is 4.35. The van der Waals surface area contributed by atoms with Gasteiger partial charge in [-0.25, -0.2) is 4.98 Å². The van der Waals surface area contributed by atoms with Crippen molar-refractivity contribution < 1.29 is 0 Å². The standard InChI is InChI=1S/C16H30N2S/c1-4-5-6-7-8-9-10-11-15(17-3)12-16-18-14(2)13-19-16/h13,15,17H,4-12H2,1-3H3. The van der Waals surface area contributed by atoms with Crippen LogP contribution in [0.2, 0.25) is 0 Å². The molecule has 1 aromatic rings. The molecule has 0 aliphatic rings. The maximum atomic E-state index is 4.56. The number of hydrogen-bond donors (Lipinski definition) is 1. The highest BCUT2D eigenvalue weighted by Gasteiger charge is 2.09. The topological polar surface area (TPSA) is 24.9 Å². The number of unbranched alkanes of at least 4 members (excludes halogenated alkanes) is 6. The van der Waals surface area contributed by atoms with Gasteiger partial charge in [0.05, 0.1) is 5.01 Å². The summed E-state index contributed by atoms with van der Waals surface area (Å²) < 4.78 is 0. The third-order valence-electron chi connectivity index (χ3n) is 3.65. The number of likely N-dealkylation sites (N-methyl/N-ethyl adjacent to an activating group) is 1. The Hall–Kier alpha value is -0.410. The van der Waals surface area contributed by atoms with Crippen molar-refractivity contribution >= 4 is 11.3 Å². The molecule has 1 heterocycles. The van der Waals surface area contributed by atoms with Crippen molar-refractivity contribution in [2.24, 2.45) is 0 Å². The summed E-state index contributed by atoms with van der Waals surface area (Å²) in [5.74, 6) is 0. The van der Waals surface area contributed by atoms with E-state index < -0.39 is 0 Å². The summed E-state index contributed by atoms with van der Waals surface area (Å²) in [5.41, 5.74) is 1.16. The number of nitrogens with one attached hydrogen (secondary N) is 1. The molecule has 1 aromatic heterocycles. The van der Waals surface area contributed by atoms with Crippen LogP contribution in [0.5, 0.6) is 0 Å². The van der Waals surface area contributed by atoms with Crippen LogP contribution in [-0.4, -0.2) is 18.1 Å². The first-order chi connectivity index (χ1) is 9.26. The largest absolute Gasteiger partial charge is 0.317 e. The van der Waals surface area contributed by atoms with Gasteiger partial charge in [0.15, 0.2) is 0 Å². The van der Waals surface area contributed by atoms with E-state index in [4.69, 9.17) is 0 Å². The van der Waals surface area contributed by atoms with Gasteiger partial charge < -0.3 is 5.32 Å². The number of nitrogens with zero attached hydrogens (tertiary/aromatic N) is 1. The van der Waals surface area contributed by atoms with Crippen molar-refractivity contribution in [1.29, 1.82) is 0 Å². The SMILES string of the molecule is CCCCCCCCCC(Cc1nc(C)cs1)NC. The predicted molar refractivity (Wildman–Crippen MR) is 86.0 cm³/mol. The smallest absolute Gasteiger partial charge is 0.0943 e. The van der Waals surface area contributed by atoms with Crippen LogP contribution in [0.25, 0.3) is 0 Å². The number of aromatic nitrogens is 1. The Labute approximate surface area is 123 Å². The summed E-state index contributed by atoms with van der Waals surface area (Å²) in [6, 6.07) is 0.598. The van der Waals surface area contributed by atoms with E-state index in [2.05, 4.69) is 36.6 Å². The maximum Gasteiger partial charge on any atom is 0.0943 e. The van der Waals surface area contributed by atoms with Crippen LogP contribution in [0, 0.1) is 6.92 Å². The summed E-state index contributed by atoms with van der Waals surface area (Å²) in [6.07, 6.45) is 12.1. The molecule has 0 spiro atoms. The summed E-state index contributed by atoms with van der Waals surface area (Å²) >= 11 is 1.79. The molecule has 0 aliphatic carbocycles. The lowest BCUT2D eigenvalue weighted by Crippen LogP contribution is -2.27. The second-order valence-electron chi connectivity index (χ2n) is 5.48. The van der Waals surface area contributed by atoms with Crippen molar-refractivity contribution in [3.63, 3.8) is 0 Å². The molecular weight excluding hydrogens is 252 g/mol. The van der Waals surface area contributed by atoms with Crippen LogP contribution in [0.3, 0.4) is 0 Å². The van der Waals surface area contributed by atoms with E-state index in [1.165, 1.54) is 56.4 Å². The molecule has 3 heteroatoms. The van der Waals surface area contributed by atoms with Gasteiger partial charge >= 0.3 is 0 Å². The minimum Gasteiger partial charge on any atom is -0.317 e. The van der Waals surface area contributed by atoms with Gasteiger partial charge in [-0.05, 0) is 20.4 Å². The van der Waals surface area contributed by atoms with Crippen LogP contribution in [0.4, 0.5) is 0 Å². The lowest BCUT2D eigenvalue weighted by Gasteiger charge is -2.14. The normalized spacial score (nSPS) is 12.8. The minimum atomic E-state index is 0.598. The lowest BCUT2D eigenvalue weighted by atomic mass is 10.0. The Bertz CT molecular complexity index is 322. The Morgan fingerprint density at radius 3 is 2.42 bits per heavy atom. The lowest BCUT2D eigenvalue weighted by molar-refractivity contribution is 0.478. The summed E-state index contributed by atoms with van der Waals surface area (Å²) in [5, 5.41) is 6.86. The van der Waals surface area contributed by atoms with E-state index in [1.54, 1.807) is 11.3 Å². The monoisotopic (exact) mass is 282 g/mol. The van der Waals surface area contributed by atoms with Crippen molar-refractivity contribution in [2.45, 2.75) is 77.7 Å². The molecule has 1 rings (SSSR count). The van der Waals surface area contributed by atoms with Crippen molar-refractivity contribution in [3.8, 4) is 0 Å². The average Bonchev–Trinajstić information content (AvgIpc) is 2.81.